The molecule has 1 N–H and O–H groups in total. The van der Waals surface area contributed by atoms with Crippen LogP contribution in [-0.4, -0.2) is 48.9 Å². The third-order valence-electron chi connectivity index (χ3n) is 4.33. The highest BCUT2D eigenvalue weighted by atomic mass is 16.5. The van der Waals surface area contributed by atoms with E-state index in [9.17, 15) is 9.90 Å². The van der Waals surface area contributed by atoms with Gasteiger partial charge in [-0.05, 0) is 43.7 Å². The van der Waals surface area contributed by atoms with Crippen molar-refractivity contribution in [3.8, 4) is 23.3 Å². The first kappa shape index (κ1) is 23.8. The van der Waals surface area contributed by atoms with Crippen LogP contribution in [0.2, 0.25) is 0 Å². The molecule has 7 nitrogen and oxygen atoms in total. The number of aliphatic hydroxyl groups excluding tert-OH is 1. The molecule has 0 aromatic heterocycles. The van der Waals surface area contributed by atoms with Crippen LogP contribution in [0.5, 0.6) is 17.2 Å². The van der Waals surface area contributed by atoms with Crippen molar-refractivity contribution < 1.29 is 24.1 Å². The summed E-state index contributed by atoms with van der Waals surface area (Å²) in [6.07, 6.45) is 2.45. The lowest BCUT2D eigenvalue weighted by molar-refractivity contribution is -0.127. The molecule has 0 aliphatic rings. The Kier molecular flexibility index (Phi) is 9.40. The summed E-state index contributed by atoms with van der Waals surface area (Å²) in [7, 11) is 1.51. The summed E-state index contributed by atoms with van der Waals surface area (Å²) in [6.45, 7) is 4.49. The Morgan fingerprint density at radius 3 is 2.65 bits per heavy atom. The molecule has 0 aliphatic heterocycles. The Hall–Kier alpha value is -3.50. The molecule has 0 saturated heterocycles. The molecule has 31 heavy (non-hydrogen) atoms. The highest BCUT2D eigenvalue weighted by molar-refractivity contribution is 5.92. The number of carbonyl (C=O) groups is 1. The van der Waals surface area contributed by atoms with Gasteiger partial charge in [0.25, 0.3) is 0 Å². The van der Waals surface area contributed by atoms with E-state index in [0.717, 1.165) is 16.9 Å². The maximum atomic E-state index is 12.9. The van der Waals surface area contributed by atoms with E-state index in [4.69, 9.17) is 19.5 Å². The largest absolute Gasteiger partial charge is 0.494 e. The monoisotopic (exact) mass is 424 g/mol. The van der Waals surface area contributed by atoms with Gasteiger partial charge in [-0.2, -0.15) is 5.26 Å². The van der Waals surface area contributed by atoms with E-state index in [0.29, 0.717) is 24.7 Å². The maximum absolute atomic E-state index is 12.9. The van der Waals surface area contributed by atoms with Crippen molar-refractivity contribution in [2.45, 2.75) is 26.5 Å². The Morgan fingerprint density at radius 1 is 1.19 bits per heavy atom. The SMILES string of the molecule is CCOc1ccccc1CN(C[C@@H](C)O)C(=O)/C=C\c1ccc(OCC#N)c(OC)c1. The topological polar surface area (TPSA) is 92.0 Å². The second-order valence-electron chi connectivity index (χ2n) is 6.80. The fourth-order valence-electron chi connectivity index (χ4n) is 2.98. The molecule has 0 heterocycles. The van der Waals surface area contributed by atoms with Crippen LogP contribution >= 0.6 is 0 Å². The van der Waals surface area contributed by atoms with Crippen LogP contribution in [-0.2, 0) is 11.3 Å². The number of amides is 1. The summed E-state index contributed by atoms with van der Waals surface area (Å²) in [4.78, 5) is 14.5. The molecular formula is C24H28N2O5. The van der Waals surface area contributed by atoms with Crippen LogP contribution in [0.1, 0.15) is 25.0 Å². The number of benzene rings is 2. The van der Waals surface area contributed by atoms with Crippen molar-refractivity contribution in [3.63, 3.8) is 0 Å². The van der Waals surface area contributed by atoms with Gasteiger partial charge in [0.2, 0.25) is 5.91 Å². The molecule has 2 aromatic carbocycles. The predicted molar refractivity (Wildman–Crippen MR) is 118 cm³/mol. The van der Waals surface area contributed by atoms with E-state index in [1.807, 2.05) is 37.3 Å². The van der Waals surface area contributed by atoms with Gasteiger partial charge in [-0.25, -0.2) is 0 Å². The molecule has 0 aliphatic carbocycles. The van der Waals surface area contributed by atoms with Gasteiger partial charge in [0, 0.05) is 24.7 Å². The number of hydrogen-bond acceptors (Lipinski definition) is 6. The molecule has 7 heteroatoms. The molecule has 0 saturated carbocycles. The Labute approximate surface area is 183 Å². The summed E-state index contributed by atoms with van der Waals surface area (Å²) in [5, 5.41) is 18.5. The minimum atomic E-state index is -0.673. The standard InChI is InChI=1S/C24H28N2O5/c1-4-30-21-8-6-5-7-20(21)17-26(16-18(2)27)24(28)12-10-19-9-11-22(31-14-13-25)23(15-19)29-3/h5-12,15,18,27H,4,14,16-17H2,1-3H3/b12-10-/t18-/m1/s1. The molecule has 0 bridgehead atoms. The minimum Gasteiger partial charge on any atom is -0.494 e. The zero-order valence-electron chi connectivity index (χ0n) is 18.1. The van der Waals surface area contributed by atoms with Crippen LogP contribution < -0.4 is 14.2 Å². The quantitative estimate of drug-likeness (QED) is 0.556. The predicted octanol–water partition coefficient (Wildman–Crippen LogP) is 3.42. The minimum absolute atomic E-state index is 0.0818. The van der Waals surface area contributed by atoms with Crippen molar-refractivity contribution in [2.75, 3.05) is 26.9 Å². The summed E-state index contributed by atoms with van der Waals surface area (Å²) in [5.41, 5.74) is 1.61. The van der Waals surface area contributed by atoms with Gasteiger partial charge in [0.1, 0.15) is 11.8 Å². The number of carbonyl (C=O) groups excluding carboxylic acids is 1. The first-order chi connectivity index (χ1) is 15.0. The molecule has 0 spiro atoms. The van der Waals surface area contributed by atoms with Gasteiger partial charge in [0.15, 0.2) is 18.1 Å². The molecule has 2 rings (SSSR count). The van der Waals surface area contributed by atoms with E-state index < -0.39 is 6.10 Å². The summed E-state index contributed by atoms with van der Waals surface area (Å²) >= 11 is 0. The Morgan fingerprint density at radius 2 is 1.97 bits per heavy atom. The van der Waals surface area contributed by atoms with Crippen molar-refractivity contribution >= 4 is 12.0 Å². The highest BCUT2D eigenvalue weighted by Crippen LogP contribution is 2.28. The number of hydrogen-bond donors (Lipinski definition) is 1. The number of methoxy groups -OCH3 is 1. The van der Waals surface area contributed by atoms with E-state index in [-0.39, 0.29) is 19.1 Å². The normalized spacial score (nSPS) is 11.6. The maximum Gasteiger partial charge on any atom is 0.246 e. The second-order valence-corrected chi connectivity index (χ2v) is 6.80. The number of nitrogens with zero attached hydrogens (tertiary/aromatic N) is 2. The molecule has 0 unspecified atom stereocenters. The van der Waals surface area contributed by atoms with Gasteiger partial charge >= 0.3 is 0 Å². The average Bonchev–Trinajstić information content (AvgIpc) is 2.76. The van der Waals surface area contributed by atoms with Crippen molar-refractivity contribution in [1.82, 2.24) is 4.90 Å². The molecule has 2 aromatic rings. The summed E-state index contributed by atoms with van der Waals surface area (Å²) < 4.78 is 16.3. The Balaban J connectivity index is 2.19. The molecule has 0 fully saturated rings. The lowest BCUT2D eigenvalue weighted by atomic mass is 10.1. The van der Waals surface area contributed by atoms with E-state index in [2.05, 4.69) is 0 Å². The number of para-hydroxylation sites is 1. The lowest BCUT2D eigenvalue weighted by Gasteiger charge is -2.24. The van der Waals surface area contributed by atoms with E-state index in [1.165, 1.54) is 13.2 Å². The fourth-order valence-corrected chi connectivity index (χ4v) is 2.98. The average molecular weight is 424 g/mol. The van der Waals surface area contributed by atoms with Gasteiger partial charge < -0.3 is 24.2 Å². The zero-order chi connectivity index (χ0) is 22.6. The molecule has 0 radical (unpaired) electrons. The summed E-state index contributed by atoms with van der Waals surface area (Å²) in [5.74, 6) is 1.40. The van der Waals surface area contributed by atoms with E-state index >= 15 is 0 Å². The molecular weight excluding hydrogens is 396 g/mol. The van der Waals surface area contributed by atoms with Crippen LogP contribution in [0, 0.1) is 11.3 Å². The van der Waals surface area contributed by atoms with Crippen molar-refractivity contribution in [2.24, 2.45) is 0 Å². The van der Waals surface area contributed by atoms with Gasteiger partial charge in [-0.15, -0.1) is 0 Å². The van der Waals surface area contributed by atoms with Crippen LogP contribution in [0.4, 0.5) is 0 Å². The third-order valence-corrected chi connectivity index (χ3v) is 4.33. The first-order valence-electron chi connectivity index (χ1n) is 10.0. The van der Waals surface area contributed by atoms with E-state index in [1.54, 1.807) is 36.1 Å². The Bertz CT molecular complexity index is 934. The van der Waals surface area contributed by atoms with Gasteiger partial charge in [-0.1, -0.05) is 24.3 Å². The second kappa shape index (κ2) is 12.3. The summed E-state index contributed by atoms with van der Waals surface area (Å²) in [6, 6.07) is 14.6. The number of rotatable bonds is 11. The third kappa shape index (κ3) is 7.36. The van der Waals surface area contributed by atoms with Gasteiger partial charge in [-0.3, -0.25) is 4.79 Å². The smallest absolute Gasteiger partial charge is 0.246 e. The lowest BCUT2D eigenvalue weighted by Crippen LogP contribution is -2.35. The number of ether oxygens (including phenoxy) is 3. The van der Waals surface area contributed by atoms with Gasteiger partial charge in [0.05, 0.1) is 19.8 Å². The van der Waals surface area contributed by atoms with Crippen molar-refractivity contribution in [1.29, 1.82) is 5.26 Å². The van der Waals surface area contributed by atoms with Crippen LogP contribution in [0.3, 0.4) is 0 Å². The molecule has 164 valence electrons. The first-order valence-corrected chi connectivity index (χ1v) is 10.0. The highest BCUT2D eigenvalue weighted by Gasteiger charge is 2.16. The number of nitriles is 1. The zero-order valence-corrected chi connectivity index (χ0v) is 18.1. The van der Waals surface area contributed by atoms with Crippen LogP contribution in [0.25, 0.3) is 6.08 Å². The number of aliphatic hydroxyl groups is 1. The fraction of sp³-hybridized carbons (Fsp3) is 0.333. The molecule has 1 amide bonds. The molecule has 1 atom stereocenters. The van der Waals surface area contributed by atoms with Crippen molar-refractivity contribution in [3.05, 3.63) is 59.7 Å². The van der Waals surface area contributed by atoms with Crippen LogP contribution in [0.15, 0.2) is 48.5 Å².